The first kappa shape index (κ1) is 18.1. The molecule has 3 rings (SSSR count). The van der Waals surface area contributed by atoms with E-state index in [-0.39, 0.29) is 0 Å². The van der Waals surface area contributed by atoms with Crippen LogP contribution in [0.3, 0.4) is 0 Å². The highest BCUT2D eigenvalue weighted by Gasteiger charge is 2.23. The van der Waals surface area contributed by atoms with Crippen LogP contribution in [0.1, 0.15) is 27.3 Å². The molecule has 0 fully saturated rings. The minimum Gasteiger partial charge on any atom is -0.496 e. The zero-order valence-corrected chi connectivity index (χ0v) is 15.8. The zero-order chi connectivity index (χ0) is 18.8. The number of nitrogens with zero attached hydrogens (tertiary/aromatic N) is 1. The molecule has 2 N–H and O–H groups in total. The minimum absolute atomic E-state index is 0.436. The summed E-state index contributed by atoms with van der Waals surface area (Å²) < 4.78 is 7.56. The lowest BCUT2D eigenvalue weighted by Crippen LogP contribution is -2.13. The lowest BCUT2D eigenvalue weighted by molar-refractivity contribution is 0.1000. The quantitative estimate of drug-likeness (QED) is 0.716. The summed E-state index contributed by atoms with van der Waals surface area (Å²) in [6.07, 6.45) is 0. The molecule has 0 spiro atoms. The number of carbonyl (C=O) groups excluding carboxylic acids is 1. The fourth-order valence-electron chi connectivity index (χ4n) is 3.40. The second-order valence-corrected chi connectivity index (χ2v) is 6.63. The highest BCUT2D eigenvalue weighted by atomic mass is 35.5. The van der Waals surface area contributed by atoms with Gasteiger partial charge in [0.25, 0.3) is 5.91 Å². The van der Waals surface area contributed by atoms with Gasteiger partial charge in [-0.05, 0) is 37.6 Å². The maximum atomic E-state index is 12.2. The molecule has 3 aromatic rings. The molecule has 1 aromatic heterocycles. The Labute approximate surface area is 158 Å². The molecular weight excluding hydrogens is 348 g/mol. The number of para-hydroxylation sites is 1. The highest BCUT2D eigenvalue weighted by molar-refractivity contribution is 6.30. The van der Waals surface area contributed by atoms with Gasteiger partial charge in [0, 0.05) is 27.5 Å². The summed E-state index contributed by atoms with van der Waals surface area (Å²) in [5.74, 6) is 0.378. The molecule has 2 aromatic carbocycles. The first-order chi connectivity index (χ1) is 12.4. The number of primary amides is 1. The fraction of sp³-hybridized carbons (Fsp3) is 0.190. The van der Waals surface area contributed by atoms with Gasteiger partial charge in [-0.25, -0.2) is 0 Å². The molecule has 0 saturated carbocycles. The smallest absolute Gasteiger partial charge is 0.251 e. The molecule has 1 amide bonds. The summed E-state index contributed by atoms with van der Waals surface area (Å²) >= 11 is 6.01. The second kappa shape index (κ2) is 7.26. The van der Waals surface area contributed by atoms with E-state index in [1.165, 1.54) is 0 Å². The topological polar surface area (TPSA) is 57.2 Å². The minimum atomic E-state index is -0.436. The Morgan fingerprint density at radius 1 is 1.08 bits per heavy atom. The predicted octanol–water partition coefficient (Wildman–Crippen LogP) is 4.58. The second-order valence-electron chi connectivity index (χ2n) is 6.19. The van der Waals surface area contributed by atoms with Crippen LogP contribution < -0.4 is 10.5 Å². The van der Waals surface area contributed by atoms with E-state index in [9.17, 15) is 4.79 Å². The van der Waals surface area contributed by atoms with Crippen LogP contribution in [0.25, 0.3) is 11.1 Å². The Balaban J connectivity index is 2.17. The van der Waals surface area contributed by atoms with Crippen LogP contribution in [-0.2, 0) is 6.54 Å². The number of methoxy groups -OCH3 is 1. The molecule has 0 aliphatic heterocycles. The number of benzene rings is 2. The van der Waals surface area contributed by atoms with Crippen LogP contribution in [0.4, 0.5) is 0 Å². The van der Waals surface area contributed by atoms with Gasteiger partial charge in [-0.3, -0.25) is 4.79 Å². The molecule has 0 saturated heterocycles. The molecular formula is C21H21ClN2O2. The standard InChI is InChI=1S/C21H21ClN2O2/c1-13-19(15-8-10-17(22)11-9-15)20(21(23)25)14(2)24(13)12-16-6-4-5-7-18(16)26-3/h4-11H,12H2,1-3H3,(H2,23,25). The van der Waals surface area contributed by atoms with E-state index in [1.807, 2.05) is 62.4 Å². The summed E-state index contributed by atoms with van der Waals surface area (Å²) in [5.41, 5.74) is 10.9. The van der Waals surface area contributed by atoms with Gasteiger partial charge in [0.2, 0.25) is 0 Å². The summed E-state index contributed by atoms with van der Waals surface area (Å²) in [7, 11) is 1.65. The van der Waals surface area contributed by atoms with Gasteiger partial charge in [0.05, 0.1) is 19.2 Å². The van der Waals surface area contributed by atoms with Gasteiger partial charge >= 0.3 is 0 Å². The van der Waals surface area contributed by atoms with E-state index in [0.29, 0.717) is 17.1 Å². The predicted molar refractivity (Wildman–Crippen MR) is 105 cm³/mol. The number of hydrogen-bond donors (Lipinski definition) is 1. The number of nitrogens with two attached hydrogens (primary N) is 1. The summed E-state index contributed by atoms with van der Waals surface area (Å²) in [6.45, 7) is 4.51. The van der Waals surface area contributed by atoms with Crippen LogP contribution in [0.15, 0.2) is 48.5 Å². The first-order valence-electron chi connectivity index (χ1n) is 8.31. The molecule has 26 heavy (non-hydrogen) atoms. The van der Waals surface area contributed by atoms with Crippen molar-refractivity contribution >= 4 is 17.5 Å². The Kier molecular flexibility index (Phi) is 5.05. The number of amides is 1. The van der Waals surface area contributed by atoms with Crippen LogP contribution in [0.5, 0.6) is 5.75 Å². The number of aromatic nitrogens is 1. The Morgan fingerprint density at radius 2 is 1.73 bits per heavy atom. The summed E-state index contributed by atoms with van der Waals surface area (Å²) in [5, 5.41) is 0.650. The van der Waals surface area contributed by atoms with Gasteiger partial charge in [0.15, 0.2) is 0 Å². The van der Waals surface area contributed by atoms with Crippen molar-refractivity contribution in [2.45, 2.75) is 20.4 Å². The van der Waals surface area contributed by atoms with E-state index < -0.39 is 5.91 Å². The number of hydrogen-bond acceptors (Lipinski definition) is 2. The van der Waals surface area contributed by atoms with Crippen LogP contribution >= 0.6 is 11.6 Å². The summed E-state index contributed by atoms with van der Waals surface area (Å²) in [4.78, 5) is 12.2. The number of rotatable bonds is 5. The van der Waals surface area contributed by atoms with Crippen molar-refractivity contribution in [2.75, 3.05) is 7.11 Å². The average Bonchev–Trinajstić information content (AvgIpc) is 2.87. The molecule has 0 aliphatic rings. The number of carbonyl (C=O) groups is 1. The van der Waals surface area contributed by atoms with Crippen molar-refractivity contribution in [3.63, 3.8) is 0 Å². The SMILES string of the molecule is COc1ccccc1Cn1c(C)c(C(N)=O)c(-c2ccc(Cl)cc2)c1C. The van der Waals surface area contributed by atoms with Crippen LogP contribution in [-0.4, -0.2) is 17.6 Å². The normalized spacial score (nSPS) is 10.8. The fourth-order valence-corrected chi connectivity index (χ4v) is 3.52. The third kappa shape index (κ3) is 3.20. The molecule has 0 atom stereocenters. The van der Waals surface area contributed by atoms with Gasteiger partial charge in [0.1, 0.15) is 5.75 Å². The molecule has 0 unspecified atom stereocenters. The number of ether oxygens (including phenoxy) is 1. The largest absolute Gasteiger partial charge is 0.496 e. The van der Waals surface area contributed by atoms with Crippen molar-refractivity contribution in [1.29, 1.82) is 0 Å². The van der Waals surface area contributed by atoms with E-state index in [0.717, 1.165) is 33.8 Å². The van der Waals surface area contributed by atoms with Crippen molar-refractivity contribution < 1.29 is 9.53 Å². The number of halogens is 1. The van der Waals surface area contributed by atoms with Crippen molar-refractivity contribution in [3.05, 3.63) is 76.1 Å². The van der Waals surface area contributed by atoms with Gasteiger partial charge in [-0.1, -0.05) is 41.9 Å². The van der Waals surface area contributed by atoms with E-state index in [1.54, 1.807) is 7.11 Å². The monoisotopic (exact) mass is 368 g/mol. The molecule has 5 heteroatoms. The third-order valence-electron chi connectivity index (χ3n) is 4.68. The van der Waals surface area contributed by atoms with Crippen LogP contribution in [0.2, 0.25) is 5.02 Å². The average molecular weight is 369 g/mol. The zero-order valence-electron chi connectivity index (χ0n) is 15.0. The van der Waals surface area contributed by atoms with Crippen molar-refractivity contribution in [3.8, 4) is 16.9 Å². The third-order valence-corrected chi connectivity index (χ3v) is 4.94. The molecule has 134 valence electrons. The Bertz CT molecular complexity index is 959. The lowest BCUT2D eigenvalue weighted by Gasteiger charge is -2.13. The molecule has 0 aliphatic carbocycles. The van der Waals surface area contributed by atoms with E-state index in [4.69, 9.17) is 22.1 Å². The van der Waals surface area contributed by atoms with Crippen LogP contribution in [0, 0.1) is 13.8 Å². The maximum absolute atomic E-state index is 12.2. The van der Waals surface area contributed by atoms with Gasteiger partial charge < -0.3 is 15.0 Å². The first-order valence-corrected chi connectivity index (χ1v) is 8.69. The van der Waals surface area contributed by atoms with E-state index >= 15 is 0 Å². The van der Waals surface area contributed by atoms with E-state index in [2.05, 4.69) is 4.57 Å². The van der Waals surface area contributed by atoms with Crippen molar-refractivity contribution in [2.24, 2.45) is 5.73 Å². The Hall–Kier alpha value is -2.72. The highest BCUT2D eigenvalue weighted by Crippen LogP contribution is 2.34. The van der Waals surface area contributed by atoms with Gasteiger partial charge in [-0.15, -0.1) is 0 Å². The Morgan fingerprint density at radius 3 is 2.35 bits per heavy atom. The maximum Gasteiger partial charge on any atom is 0.251 e. The molecule has 1 heterocycles. The van der Waals surface area contributed by atoms with Crippen molar-refractivity contribution in [1.82, 2.24) is 4.57 Å². The lowest BCUT2D eigenvalue weighted by atomic mass is 10.0. The van der Waals surface area contributed by atoms with Gasteiger partial charge in [-0.2, -0.15) is 0 Å². The molecule has 0 radical (unpaired) electrons. The molecule has 4 nitrogen and oxygen atoms in total. The summed E-state index contributed by atoms with van der Waals surface area (Å²) in [6, 6.07) is 15.3. The molecule has 0 bridgehead atoms.